The number of hydrogen-bond acceptors (Lipinski definition) is 3. The van der Waals surface area contributed by atoms with Crippen molar-refractivity contribution < 1.29 is 4.74 Å². The topological polar surface area (TPSA) is 35.0 Å². The molecule has 2 rings (SSSR count). The van der Waals surface area contributed by atoms with Crippen LogP contribution >= 0.6 is 11.6 Å². The molecule has 1 aromatic carbocycles. The highest BCUT2D eigenvalue weighted by Gasteiger charge is 2.07. The van der Waals surface area contributed by atoms with Crippen LogP contribution in [0, 0.1) is 12.3 Å². The van der Waals surface area contributed by atoms with Gasteiger partial charge in [0.25, 0.3) is 0 Å². The van der Waals surface area contributed by atoms with Gasteiger partial charge in [0.05, 0.1) is 16.4 Å². The highest BCUT2D eigenvalue weighted by Crippen LogP contribution is 2.20. The number of aromatic nitrogens is 2. The minimum Gasteiger partial charge on any atom is -0.481 e. The summed E-state index contributed by atoms with van der Waals surface area (Å²) in [6, 6.07) is 8.01. The van der Waals surface area contributed by atoms with E-state index >= 15 is 0 Å². The summed E-state index contributed by atoms with van der Waals surface area (Å²) >= 11 is 6.30. The average Bonchev–Trinajstić information content (AvgIpc) is 2.55. The molecule has 3 nitrogen and oxygen atoms in total. The molecule has 0 saturated heterocycles. The van der Waals surface area contributed by atoms with Crippen LogP contribution in [0.1, 0.15) is 30.3 Å². The van der Waals surface area contributed by atoms with Crippen molar-refractivity contribution in [1.29, 1.82) is 0 Å². The number of benzene rings is 1. The largest absolute Gasteiger partial charge is 0.481 e. The van der Waals surface area contributed by atoms with Crippen LogP contribution < -0.4 is 4.74 Å². The molecule has 0 amide bonds. The lowest BCUT2D eigenvalue weighted by Crippen LogP contribution is -1.99. The van der Waals surface area contributed by atoms with Gasteiger partial charge < -0.3 is 4.74 Å². The standard InChI is InChI=1S/C18H19ClN2O/c1-3-12-22-15-10-8-14(9-11-15)6-5-7-17-18(19)16(4-2)20-13-21-17/h1,8-11,13H,4-7,12H2,2H3. The van der Waals surface area contributed by atoms with Gasteiger partial charge >= 0.3 is 0 Å². The number of nitrogens with zero attached hydrogens (tertiary/aromatic N) is 2. The zero-order valence-corrected chi connectivity index (χ0v) is 13.4. The maximum atomic E-state index is 6.30. The first-order valence-electron chi connectivity index (χ1n) is 7.38. The fourth-order valence-corrected chi connectivity index (χ4v) is 2.53. The number of terminal acetylenes is 1. The Morgan fingerprint density at radius 3 is 2.55 bits per heavy atom. The van der Waals surface area contributed by atoms with Crippen molar-refractivity contribution in [2.45, 2.75) is 32.6 Å². The Bertz CT molecular complexity index is 647. The zero-order chi connectivity index (χ0) is 15.8. The summed E-state index contributed by atoms with van der Waals surface area (Å²) < 4.78 is 5.35. The van der Waals surface area contributed by atoms with E-state index in [1.54, 1.807) is 6.33 Å². The Labute approximate surface area is 136 Å². The van der Waals surface area contributed by atoms with Crippen LogP contribution in [0.4, 0.5) is 0 Å². The van der Waals surface area contributed by atoms with E-state index in [2.05, 4.69) is 28.0 Å². The molecule has 2 aromatic rings. The molecule has 22 heavy (non-hydrogen) atoms. The van der Waals surface area contributed by atoms with E-state index in [4.69, 9.17) is 22.8 Å². The van der Waals surface area contributed by atoms with Crippen LogP contribution in [0.3, 0.4) is 0 Å². The Morgan fingerprint density at radius 1 is 1.14 bits per heavy atom. The minimum atomic E-state index is 0.297. The molecular weight excluding hydrogens is 296 g/mol. The third-order valence-corrected chi connectivity index (χ3v) is 3.83. The Balaban J connectivity index is 1.87. The highest BCUT2D eigenvalue weighted by atomic mass is 35.5. The van der Waals surface area contributed by atoms with Gasteiger partial charge in [-0.25, -0.2) is 9.97 Å². The molecule has 0 unspecified atom stereocenters. The maximum Gasteiger partial charge on any atom is 0.148 e. The van der Waals surface area contributed by atoms with Gasteiger partial charge in [0.15, 0.2) is 0 Å². The lowest BCUT2D eigenvalue weighted by molar-refractivity contribution is 0.370. The molecule has 0 atom stereocenters. The van der Waals surface area contributed by atoms with E-state index in [1.165, 1.54) is 5.56 Å². The molecular formula is C18H19ClN2O. The van der Waals surface area contributed by atoms with Crippen molar-refractivity contribution in [3.63, 3.8) is 0 Å². The first kappa shape index (κ1) is 16.3. The van der Waals surface area contributed by atoms with E-state index in [0.717, 1.165) is 42.8 Å². The van der Waals surface area contributed by atoms with Crippen LogP contribution in [-0.4, -0.2) is 16.6 Å². The molecule has 1 heterocycles. The van der Waals surface area contributed by atoms with Gasteiger partial charge in [-0.3, -0.25) is 0 Å². The summed E-state index contributed by atoms with van der Waals surface area (Å²) in [5.74, 6) is 3.25. The number of ether oxygens (including phenoxy) is 1. The third kappa shape index (κ3) is 4.47. The second-order valence-electron chi connectivity index (χ2n) is 4.92. The Kier molecular flexibility index (Phi) is 6.24. The lowest BCUT2D eigenvalue weighted by atomic mass is 10.1. The van der Waals surface area contributed by atoms with Crippen LogP contribution in [-0.2, 0) is 19.3 Å². The van der Waals surface area contributed by atoms with Gasteiger partial charge in [-0.1, -0.05) is 36.6 Å². The molecule has 4 heteroatoms. The van der Waals surface area contributed by atoms with Crippen LogP contribution in [0.15, 0.2) is 30.6 Å². The van der Waals surface area contributed by atoms with Gasteiger partial charge in [-0.2, -0.15) is 0 Å². The molecule has 0 N–H and O–H groups in total. The molecule has 0 aliphatic carbocycles. The van der Waals surface area contributed by atoms with E-state index in [9.17, 15) is 0 Å². The Hall–Kier alpha value is -2.05. The lowest BCUT2D eigenvalue weighted by Gasteiger charge is -2.07. The van der Waals surface area contributed by atoms with Gasteiger partial charge in [0, 0.05) is 0 Å². The molecule has 0 fully saturated rings. The summed E-state index contributed by atoms with van der Waals surface area (Å²) in [7, 11) is 0. The fraction of sp³-hybridized carbons (Fsp3) is 0.333. The monoisotopic (exact) mass is 314 g/mol. The summed E-state index contributed by atoms with van der Waals surface area (Å²) in [6.45, 7) is 2.34. The summed E-state index contributed by atoms with van der Waals surface area (Å²) in [5.41, 5.74) is 3.11. The van der Waals surface area contributed by atoms with Crippen molar-refractivity contribution >= 4 is 11.6 Å². The maximum absolute atomic E-state index is 6.30. The van der Waals surface area contributed by atoms with Crippen LogP contribution in [0.5, 0.6) is 5.75 Å². The van der Waals surface area contributed by atoms with E-state index in [0.29, 0.717) is 11.6 Å². The number of hydrogen-bond donors (Lipinski definition) is 0. The van der Waals surface area contributed by atoms with Crippen molar-refractivity contribution in [3.8, 4) is 18.1 Å². The predicted octanol–water partition coefficient (Wildman–Crippen LogP) is 3.88. The highest BCUT2D eigenvalue weighted by molar-refractivity contribution is 6.31. The van der Waals surface area contributed by atoms with E-state index in [1.807, 2.05) is 19.1 Å². The fourth-order valence-electron chi connectivity index (χ4n) is 2.21. The van der Waals surface area contributed by atoms with Gasteiger partial charge in [0.2, 0.25) is 0 Å². The average molecular weight is 315 g/mol. The minimum absolute atomic E-state index is 0.297. The molecule has 114 valence electrons. The summed E-state index contributed by atoms with van der Waals surface area (Å²) in [5, 5.41) is 0.711. The summed E-state index contributed by atoms with van der Waals surface area (Å²) in [4.78, 5) is 8.47. The quantitative estimate of drug-likeness (QED) is 0.727. The zero-order valence-electron chi connectivity index (χ0n) is 12.7. The molecule has 0 radical (unpaired) electrons. The second-order valence-corrected chi connectivity index (χ2v) is 5.30. The second kappa shape index (κ2) is 8.41. The predicted molar refractivity (Wildman–Crippen MR) is 89.2 cm³/mol. The van der Waals surface area contributed by atoms with Crippen LogP contribution in [0.25, 0.3) is 0 Å². The van der Waals surface area contributed by atoms with Gasteiger partial charge in [-0.15, -0.1) is 6.42 Å². The van der Waals surface area contributed by atoms with Crippen LogP contribution in [0.2, 0.25) is 5.02 Å². The molecule has 0 aliphatic heterocycles. The molecule has 1 aromatic heterocycles. The first-order chi connectivity index (χ1) is 10.7. The summed E-state index contributed by atoms with van der Waals surface area (Å²) in [6.07, 6.45) is 10.4. The van der Waals surface area contributed by atoms with Crippen molar-refractivity contribution in [1.82, 2.24) is 9.97 Å². The molecule has 0 spiro atoms. The van der Waals surface area contributed by atoms with Crippen molar-refractivity contribution in [2.24, 2.45) is 0 Å². The normalized spacial score (nSPS) is 10.2. The third-order valence-electron chi connectivity index (χ3n) is 3.39. The molecule has 0 aliphatic rings. The smallest absolute Gasteiger partial charge is 0.148 e. The van der Waals surface area contributed by atoms with Gasteiger partial charge in [0.1, 0.15) is 18.7 Å². The number of rotatable bonds is 7. The molecule has 0 bridgehead atoms. The SMILES string of the molecule is C#CCOc1ccc(CCCc2ncnc(CC)c2Cl)cc1. The van der Waals surface area contributed by atoms with E-state index < -0.39 is 0 Å². The van der Waals surface area contributed by atoms with Crippen molar-refractivity contribution in [2.75, 3.05) is 6.61 Å². The Morgan fingerprint density at radius 2 is 1.86 bits per heavy atom. The molecule has 0 saturated carbocycles. The van der Waals surface area contributed by atoms with E-state index in [-0.39, 0.29) is 0 Å². The number of aryl methyl sites for hydroxylation is 3. The first-order valence-corrected chi connectivity index (χ1v) is 7.75. The number of halogens is 1. The van der Waals surface area contributed by atoms with Gasteiger partial charge in [-0.05, 0) is 43.4 Å². The van der Waals surface area contributed by atoms with Crippen molar-refractivity contribution in [3.05, 3.63) is 52.6 Å².